The number of thioether (sulfide) groups is 1. The highest BCUT2D eigenvalue weighted by atomic mass is 32.2. The number of para-hydroxylation sites is 1. The van der Waals surface area contributed by atoms with Gasteiger partial charge in [0, 0.05) is 22.9 Å². The van der Waals surface area contributed by atoms with Gasteiger partial charge >= 0.3 is 0 Å². The van der Waals surface area contributed by atoms with Crippen molar-refractivity contribution in [1.29, 1.82) is 0 Å². The Morgan fingerprint density at radius 1 is 1.10 bits per heavy atom. The highest BCUT2D eigenvalue weighted by Gasteiger charge is 2.32. The van der Waals surface area contributed by atoms with Gasteiger partial charge in [0.1, 0.15) is 5.82 Å². The number of ketones is 1. The summed E-state index contributed by atoms with van der Waals surface area (Å²) >= 11 is 1.38. The van der Waals surface area contributed by atoms with Crippen molar-refractivity contribution < 1.29 is 13.2 Å². The summed E-state index contributed by atoms with van der Waals surface area (Å²) in [6.45, 7) is 1.84. The molecule has 0 aliphatic heterocycles. The van der Waals surface area contributed by atoms with Gasteiger partial charge in [-0.3, -0.25) is 14.1 Å². The van der Waals surface area contributed by atoms with Crippen molar-refractivity contribution in [3.8, 4) is 5.69 Å². The first-order valence-electron chi connectivity index (χ1n) is 9.61. The molecule has 1 fully saturated rings. The second-order valence-corrected chi connectivity index (χ2v) is 10.4. The van der Waals surface area contributed by atoms with Gasteiger partial charge in [-0.25, -0.2) is 8.42 Å². The molecule has 1 aliphatic carbocycles. The molecular weight excluding hydrogens is 420 g/mol. The minimum Gasteiger partial charge on any atom is -0.293 e. The number of Topliss-reactive ketones (excluding diaryl/α,β-unsaturated/α-hetero) is 1. The molecule has 4 rings (SSSR count). The second-order valence-electron chi connectivity index (χ2n) is 7.36. The van der Waals surface area contributed by atoms with Crippen molar-refractivity contribution in [2.24, 2.45) is 0 Å². The first-order valence-corrected chi connectivity index (χ1v) is 12.4. The number of aromatic nitrogens is 3. The van der Waals surface area contributed by atoms with Crippen LogP contribution >= 0.6 is 11.8 Å². The molecule has 2 aromatic carbocycles. The first-order chi connectivity index (χ1) is 14.3. The zero-order valence-electron chi connectivity index (χ0n) is 16.6. The van der Waals surface area contributed by atoms with Gasteiger partial charge < -0.3 is 0 Å². The maximum Gasteiger partial charge on any atom is 0.229 e. The van der Waals surface area contributed by atoms with Crippen LogP contribution in [0.5, 0.6) is 0 Å². The fraction of sp³-hybridized carbons (Fsp3) is 0.286. The molecule has 7 nitrogen and oxygen atoms in total. The Morgan fingerprint density at radius 3 is 2.37 bits per heavy atom. The number of nitrogens with one attached hydrogen (secondary N) is 1. The molecule has 0 amide bonds. The molecule has 1 aliphatic rings. The molecule has 0 unspecified atom stereocenters. The maximum absolute atomic E-state index is 12.9. The number of sulfonamides is 1. The van der Waals surface area contributed by atoms with E-state index in [9.17, 15) is 13.2 Å². The third-order valence-corrected chi connectivity index (χ3v) is 6.39. The van der Waals surface area contributed by atoms with Crippen molar-refractivity contribution in [1.82, 2.24) is 14.8 Å². The van der Waals surface area contributed by atoms with E-state index in [1.807, 2.05) is 41.8 Å². The maximum atomic E-state index is 12.9. The summed E-state index contributed by atoms with van der Waals surface area (Å²) in [5.41, 5.74) is 1.93. The van der Waals surface area contributed by atoms with Crippen LogP contribution in [-0.4, -0.2) is 40.5 Å². The molecule has 30 heavy (non-hydrogen) atoms. The van der Waals surface area contributed by atoms with Crippen molar-refractivity contribution in [3.05, 3.63) is 66.0 Å². The number of nitrogens with zero attached hydrogens (tertiary/aromatic N) is 3. The number of rotatable bonds is 8. The Kier molecular flexibility index (Phi) is 5.66. The fourth-order valence-electron chi connectivity index (χ4n) is 3.15. The van der Waals surface area contributed by atoms with Crippen LogP contribution in [0, 0.1) is 0 Å². The van der Waals surface area contributed by atoms with E-state index in [0.717, 1.165) is 30.6 Å². The van der Waals surface area contributed by atoms with E-state index in [2.05, 4.69) is 14.9 Å². The minimum absolute atomic E-state index is 0.0542. The van der Waals surface area contributed by atoms with E-state index in [-0.39, 0.29) is 11.0 Å². The second kappa shape index (κ2) is 8.23. The Labute approximate surface area is 180 Å². The van der Waals surface area contributed by atoms with Gasteiger partial charge in [0.25, 0.3) is 0 Å². The summed E-state index contributed by atoms with van der Waals surface area (Å²) in [6.07, 6.45) is 3.31. The van der Waals surface area contributed by atoms with Crippen LogP contribution in [-0.2, 0) is 10.0 Å². The van der Waals surface area contributed by atoms with Gasteiger partial charge in [-0.05, 0) is 56.2 Å². The predicted octanol–water partition coefficient (Wildman–Crippen LogP) is 3.88. The molecule has 0 spiro atoms. The lowest BCUT2D eigenvalue weighted by molar-refractivity contribution is 0.0994. The first kappa shape index (κ1) is 20.6. The van der Waals surface area contributed by atoms with Crippen LogP contribution in [0.4, 0.5) is 5.69 Å². The van der Waals surface area contributed by atoms with Crippen molar-refractivity contribution in [2.75, 3.05) is 11.0 Å². The monoisotopic (exact) mass is 442 g/mol. The number of anilines is 1. The van der Waals surface area contributed by atoms with Crippen LogP contribution in [0.25, 0.3) is 5.69 Å². The molecule has 1 atom stereocenters. The minimum atomic E-state index is -3.36. The Hall–Kier alpha value is -2.65. The zero-order valence-corrected chi connectivity index (χ0v) is 18.3. The van der Waals surface area contributed by atoms with E-state index in [1.54, 1.807) is 24.3 Å². The van der Waals surface area contributed by atoms with Crippen LogP contribution < -0.4 is 4.72 Å². The molecular formula is C21H22N4O3S2. The standard InChI is InChI=1S/C21H22N4O3S2/c1-14(19(26)15-10-12-17(13-11-15)24-30(2,27)28)29-21-23-22-20(16-8-9-16)25(21)18-6-4-3-5-7-18/h3-7,10-14,16,24H,8-9H2,1-2H3/t14-/m0/s1. The van der Waals surface area contributed by atoms with E-state index in [1.165, 1.54) is 11.8 Å². The number of hydrogen-bond donors (Lipinski definition) is 1. The summed E-state index contributed by atoms with van der Waals surface area (Å²) in [6, 6.07) is 16.4. The predicted molar refractivity (Wildman–Crippen MR) is 118 cm³/mol. The highest BCUT2D eigenvalue weighted by molar-refractivity contribution is 8.00. The highest BCUT2D eigenvalue weighted by Crippen LogP contribution is 2.41. The zero-order chi connectivity index (χ0) is 21.3. The lowest BCUT2D eigenvalue weighted by Gasteiger charge is -2.13. The van der Waals surface area contributed by atoms with Crippen LogP contribution in [0.2, 0.25) is 0 Å². The molecule has 0 radical (unpaired) electrons. The SMILES string of the molecule is C[C@H](Sc1nnc(C2CC2)n1-c1ccccc1)C(=O)c1ccc(NS(C)(=O)=O)cc1. The summed E-state index contributed by atoms with van der Waals surface area (Å²) in [5.74, 6) is 1.31. The van der Waals surface area contributed by atoms with Gasteiger partial charge in [-0.15, -0.1) is 10.2 Å². The smallest absolute Gasteiger partial charge is 0.229 e. The number of carbonyl (C=O) groups is 1. The molecule has 156 valence electrons. The quantitative estimate of drug-likeness (QED) is 0.420. The van der Waals surface area contributed by atoms with Crippen molar-refractivity contribution in [2.45, 2.75) is 36.1 Å². The van der Waals surface area contributed by atoms with E-state index >= 15 is 0 Å². The van der Waals surface area contributed by atoms with Gasteiger partial charge in [0.2, 0.25) is 10.0 Å². The van der Waals surface area contributed by atoms with Crippen LogP contribution in [0.3, 0.4) is 0 Å². The van der Waals surface area contributed by atoms with E-state index in [0.29, 0.717) is 22.3 Å². The van der Waals surface area contributed by atoms with Crippen LogP contribution in [0.15, 0.2) is 59.8 Å². The van der Waals surface area contributed by atoms with E-state index in [4.69, 9.17) is 0 Å². The lowest BCUT2D eigenvalue weighted by atomic mass is 10.1. The Balaban J connectivity index is 1.54. The summed E-state index contributed by atoms with van der Waals surface area (Å²) < 4.78 is 27.1. The molecule has 1 saturated carbocycles. The topological polar surface area (TPSA) is 93.9 Å². The summed E-state index contributed by atoms with van der Waals surface area (Å²) in [4.78, 5) is 12.9. The largest absolute Gasteiger partial charge is 0.293 e. The normalized spacial score (nSPS) is 15.0. The molecule has 0 bridgehead atoms. The van der Waals surface area contributed by atoms with Crippen LogP contribution in [0.1, 0.15) is 41.9 Å². The van der Waals surface area contributed by atoms with E-state index < -0.39 is 10.0 Å². The molecule has 0 saturated heterocycles. The molecule has 1 heterocycles. The number of carbonyl (C=O) groups excluding carboxylic acids is 1. The molecule has 9 heteroatoms. The molecule has 1 N–H and O–H groups in total. The lowest BCUT2D eigenvalue weighted by Crippen LogP contribution is -2.15. The van der Waals surface area contributed by atoms with Gasteiger partial charge in [0.15, 0.2) is 10.9 Å². The average molecular weight is 443 g/mol. The molecule has 1 aromatic heterocycles. The number of hydrogen-bond acceptors (Lipinski definition) is 6. The van der Waals surface area contributed by atoms with Gasteiger partial charge in [-0.2, -0.15) is 0 Å². The van der Waals surface area contributed by atoms with Crippen molar-refractivity contribution in [3.63, 3.8) is 0 Å². The third kappa shape index (κ3) is 4.73. The Morgan fingerprint density at radius 2 is 1.77 bits per heavy atom. The molecule has 3 aromatic rings. The third-order valence-electron chi connectivity index (χ3n) is 4.74. The Bertz CT molecular complexity index is 1150. The fourth-order valence-corrected chi connectivity index (χ4v) is 4.66. The van der Waals surface area contributed by atoms with Gasteiger partial charge in [-0.1, -0.05) is 30.0 Å². The average Bonchev–Trinajstić information content (AvgIpc) is 3.48. The number of benzene rings is 2. The van der Waals surface area contributed by atoms with Crippen molar-refractivity contribution >= 4 is 33.3 Å². The van der Waals surface area contributed by atoms with Gasteiger partial charge in [0.05, 0.1) is 11.5 Å². The summed E-state index contributed by atoms with van der Waals surface area (Å²) in [5, 5.41) is 9.09. The summed E-state index contributed by atoms with van der Waals surface area (Å²) in [7, 11) is -3.36.